The van der Waals surface area contributed by atoms with Gasteiger partial charge in [-0.15, -0.1) is 0 Å². The van der Waals surface area contributed by atoms with E-state index in [1.54, 1.807) is 12.4 Å². The third kappa shape index (κ3) is 3.73. The highest BCUT2D eigenvalue weighted by atomic mass is 16.5. The summed E-state index contributed by atoms with van der Waals surface area (Å²) >= 11 is 0. The lowest BCUT2D eigenvalue weighted by molar-refractivity contribution is -0.150. The van der Waals surface area contributed by atoms with Crippen molar-refractivity contribution >= 4 is 0 Å². The van der Waals surface area contributed by atoms with Crippen LogP contribution in [0.4, 0.5) is 0 Å². The van der Waals surface area contributed by atoms with Crippen LogP contribution in [0.15, 0.2) is 29.0 Å². The Morgan fingerprint density at radius 2 is 2.16 bits per heavy atom. The summed E-state index contributed by atoms with van der Waals surface area (Å²) < 4.78 is 17.1. The van der Waals surface area contributed by atoms with E-state index in [4.69, 9.17) is 14.0 Å². The van der Waals surface area contributed by atoms with E-state index < -0.39 is 0 Å². The summed E-state index contributed by atoms with van der Waals surface area (Å²) in [5.41, 5.74) is 0.859. The molecule has 7 heteroatoms. The number of hydrogen-bond acceptors (Lipinski definition) is 7. The highest BCUT2D eigenvalue weighted by Crippen LogP contribution is 2.36. The van der Waals surface area contributed by atoms with Crippen molar-refractivity contribution < 1.29 is 14.0 Å². The van der Waals surface area contributed by atoms with Crippen LogP contribution < -0.4 is 0 Å². The van der Waals surface area contributed by atoms with Crippen molar-refractivity contribution in [1.29, 1.82) is 0 Å². The number of rotatable bonds is 4. The van der Waals surface area contributed by atoms with Crippen molar-refractivity contribution in [2.24, 2.45) is 0 Å². The first-order valence-electron chi connectivity index (χ1n) is 8.89. The van der Waals surface area contributed by atoms with Gasteiger partial charge in [-0.05, 0) is 44.9 Å². The summed E-state index contributed by atoms with van der Waals surface area (Å²) in [7, 11) is 2.12. The number of nitrogens with zero attached hydrogens (tertiary/aromatic N) is 4. The lowest BCUT2D eigenvalue weighted by Crippen LogP contribution is -2.50. The SMILES string of the molecule is CN(Cc1nc(-c2cccnc2)no1)C1CCOC2(CCOCC2)C1. The predicted molar refractivity (Wildman–Crippen MR) is 90.8 cm³/mol. The lowest BCUT2D eigenvalue weighted by Gasteiger charge is -2.45. The van der Waals surface area contributed by atoms with Gasteiger partial charge in [-0.2, -0.15) is 4.98 Å². The fraction of sp³-hybridized carbons (Fsp3) is 0.611. The Labute approximate surface area is 147 Å². The van der Waals surface area contributed by atoms with Crippen LogP contribution in [0.2, 0.25) is 0 Å². The first-order valence-corrected chi connectivity index (χ1v) is 8.89. The molecule has 0 N–H and O–H groups in total. The molecule has 25 heavy (non-hydrogen) atoms. The Balaban J connectivity index is 1.40. The Bertz CT molecular complexity index is 679. The Hall–Kier alpha value is -1.83. The minimum atomic E-state index is -0.00879. The van der Waals surface area contributed by atoms with Crippen LogP contribution in [-0.2, 0) is 16.0 Å². The maximum atomic E-state index is 6.13. The van der Waals surface area contributed by atoms with Gasteiger partial charge in [0.15, 0.2) is 0 Å². The van der Waals surface area contributed by atoms with Crippen molar-refractivity contribution in [3.05, 3.63) is 30.4 Å². The second-order valence-corrected chi connectivity index (χ2v) is 6.96. The third-order valence-corrected chi connectivity index (χ3v) is 5.27. The molecule has 1 unspecified atom stereocenters. The van der Waals surface area contributed by atoms with Crippen LogP contribution in [0, 0.1) is 0 Å². The van der Waals surface area contributed by atoms with Gasteiger partial charge in [0.2, 0.25) is 11.7 Å². The average Bonchev–Trinajstić information content (AvgIpc) is 3.12. The Kier molecular flexibility index (Phi) is 4.78. The molecule has 4 rings (SSSR count). The molecule has 0 amide bonds. The fourth-order valence-corrected chi connectivity index (χ4v) is 3.74. The molecule has 2 saturated heterocycles. The fourth-order valence-electron chi connectivity index (χ4n) is 3.74. The highest BCUT2D eigenvalue weighted by molar-refractivity contribution is 5.51. The maximum Gasteiger partial charge on any atom is 0.241 e. The molecular weight excluding hydrogens is 320 g/mol. The van der Waals surface area contributed by atoms with Crippen molar-refractivity contribution in [3.8, 4) is 11.4 Å². The van der Waals surface area contributed by atoms with Crippen LogP contribution in [0.5, 0.6) is 0 Å². The lowest BCUT2D eigenvalue weighted by atomic mass is 9.83. The Morgan fingerprint density at radius 1 is 1.28 bits per heavy atom. The van der Waals surface area contributed by atoms with Gasteiger partial charge < -0.3 is 14.0 Å². The summed E-state index contributed by atoms with van der Waals surface area (Å²) in [6.45, 7) is 3.05. The standard InChI is InChI=1S/C18H24N4O3/c1-22(15-4-8-24-18(11-15)5-9-23-10-6-18)13-16-20-17(21-25-16)14-3-2-7-19-12-14/h2-3,7,12,15H,4-6,8-11,13H2,1H3. The van der Waals surface area contributed by atoms with E-state index >= 15 is 0 Å². The number of hydrogen-bond donors (Lipinski definition) is 0. The molecule has 0 aromatic carbocycles. The summed E-state index contributed by atoms with van der Waals surface area (Å²) in [4.78, 5) is 10.9. The van der Waals surface area contributed by atoms with Crippen LogP contribution in [0.1, 0.15) is 31.6 Å². The van der Waals surface area contributed by atoms with Crippen molar-refractivity contribution in [1.82, 2.24) is 20.0 Å². The minimum Gasteiger partial charge on any atom is -0.381 e. The van der Waals surface area contributed by atoms with E-state index in [1.165, 1.54) is 0 Å². The van der Waals surface area contributed by atoms with Gasteiger partial charge in [0.25, 0.3) is 0 Å². The largest absolute Gasteiger partial charge is 0.381 e. The van der Waals surface area contributed by atoms with Crippen LogP contribution in [-0.4, -0.2) is 58.5 Å². The van der Waals surface area contributed by atoms with E-state index in [2.05, 4.69) is 27.1 Å². The normalized spacial score (nSPS) is 23.2. The van der Waals surface area contributed by atoms with Gasteiger partial charge in [-0.3, -0.25) is 9.88 Å². The van der Waals surface area contributed by atoms with Crippen LogP contribution >= 0.6 is 0 Å². The van der Waals surface area contributed by atoms with Crippen molar-refractivity contribution in [3.63, 3.8) is 0 Å². The molecule has 0 saturated carbocycles. The van der Waals surface area contributed by atoms with Gasteiger partial charge in [0.1, 0.15) is 0 Å². The van der Waals surface area contributed by atoms with E-state index in [9.17, 15) is 0 Å². The molecule has 0 radical (unpaired) electrons. The summed E-state index contributed by atoms with van der Waals surface area (Å²) in [6.07, 6.45) is 7.52. The first kappa shape index (κ1) is 16.6. The van der Waals surface area contributed by atoms with E-state index in [0.717, 1.165) is 51.1 Å². The number of aromatic nitrogens is 3. The molecule has 2 aliphatic heterocycles. The van der Waals surface area contributed by atoms with E-state index in [0.29, 0.717) is 24.3 Å². The Morgan fingerprint density at radius 3 is 2.96 bits per heavy atom. The minimum absolute atomic E-state index is 0.00879. The second kappa shape index (κ2) is 7.19. The molecule has 2 aliphatic rings. The molecule has 134 valence electrons. The zero-order valence-corrected chi connectivity index (χ0v) is 14.6. The molecule has 4 heterocycles. The van der Waals surface area contributed by atoms with Crippen molar-refractivity contribution in [2.45, 2.75) is 43.9 Å². The molecule has 2 fully saturated rings. The van der Waals surface area contributed by atoms with Gasteiger partial charge in [-0.25, -0.2) is 0 Å². The van der Waals surface area contributed by atoms with E-state index in [-0.39, 0.29) is 5.60 Å². The molecular formula is C18H24N4O3. The molecule has 0 bridgehead atoms. The predicted octanol–water partition coefficient (Wildman–Crippen LogP) is 2.29. The molecule has 1 atom stereocenters. The smallest absolute Gasteiger partial charge is 0.241 e. The maximum absolute atomic E-state index is 6.13. The quantitative estimate of drug-likeness (QED) is 0.842. The number of pyridine rings is 1. The third-order valence-electron chi connectivity index (χ3n) is 5.27. The van der Waals surface area contributed by atoms with Gasteiger partial charge in [0.05, 0.1) is 12.1 Å². The van der Waals surface area contributed by atoms with Crippen LogP contribution in [0.3, 0.4) is 0 Å². The second-order valence-electron chi connectivity index (χ2n) is 6.96. The van der Waals surface area contributed by atoms with E-state index in [1.807, 2.05) is 12.1 Å². The van der Waals surface area contributed by atoms with Crippen molar-refractivity contribution in [2.75, 3.05) is 26.9 Å². The number of ether oxygens (including phenoxy) is 2. The average molecular weight is 344 g/mol. The monoisotopic (exact) mass is 344 g/mol. The van der Waals surface area contributed by atoms with Gasteiger partial charge in [-0.1, -0.05) is 5.16 Å². The van der Waals surface area contributed by atoms with Gasteiger partial charge >= 0.3 is 0 Å². The molecule has 2 aromatic rings. The summed E-state index contributed by atoms with van der Waals surface area (Å²) in [6, 6.07) is 4.26. The molecule has 0 aliphatic carbocycles. The summed E-state index contributed by atoms with van der Waals surface area (Å²) in [5.74, 6) is 1.22. The van der Waals surface area contributed by atoms with Gasteiger partial charge in [0, 0.05) is 43.8 Å². The zero-order chi connectivity index (χ0) is 17.1. The first-order chi connectivity index (χ1) is 12.2. The molecule has 1 spiro atoms. The zero-order valence-electron chi connectivity index (χ0n) is 14.6. The molecule has 7 nitrogen and oxygen atoms in total. The molecule has 2 aromatic heterocycles. The van der Waals surface area contributed by atoms with Crippen LogP contribution in [0.25, 0.3) is 11.4 Å². The topological polar surface area (TPSA) is 73.5 Å². The summed E-state index contributed by atoms with van der Waals surface area (Å²) in [5, 5.41) is 4.07. The highest BCUT2D eigenvalue weighted by Gasteiger charge is 2.40.